The van der Waals surface area contributed by atoms with Crippen molar-refractivity contribution in [3.8, 4) is 0 Å². The average molecular weight is 291 g/mol. The fourth-order valence-corrected chi connectivity index (χ4v) is 2.44. The molecule has 7 nitrogen and oxygen atoms in total. The highest BCUT2D eigenvalue weighted by Crippen LogP contribution is 2.25. The van der Waals surface area contributed by atoms with Crippen LogP contribution in [-0.4, -0.2) is 29.1 Å². The van der Waals surface area contributed by atoms with Crippen molar-refractivity contribution in [3.05, 3.63) is 29.8 Å². The first-order valence-electron chi connectivity index (χ1n) is 6.66. The van der Waals surface area contributed by atoms with E-state index >= 15 is 0 Å². The Morgan fingerprint density at radius 1 is 1.24 bits per heavy atom. The van der Waals surface area contributed by atoms with E-state index in [1.165, 1.54) is 6.07 Å². The molecule has 1 aliphatic carbocycles. The zero-order chi connectivity index (χ0) is 15.4. The maximum absolute atomic E-state index is 11.8. The maximum atomic E-state index is 11.8. The summed E-state index contributed by atoms with van der Waals surface area (Å²) < 4.78 is 0. The van der Waals surface area contributed by atoms with Crippen molar-refractivity contribution in [1.82, 2.24) is 5.32 Å². The van der Waals surface area contributed by atoms with Crippen molar-refractivity contribution in [1.29, 1.82) is 0 Å². The van der Waals surface area contributed by atoms with Gasteiger partial charge in [-0.25, -0.2) is 4.79 Å². The Bertz CT molecular complexity index is 573. The van der Waals surface area contributed by atoms with Gasteiger partial charge in [0.15, 0.2) is 0 Å². The lowest BCUT2D eigenvalue weighted by Gasteiger charge is -2.13. The van der Waals surface area contributed by atoms with Gasteiger partial charge in [-0.1, -0.05) is 6.07 Å². The molecule has 1 aromatic rings. The molecule has 1 fully saturated rings. The molecule has 1 aromatic carbocycles. The van der Waals surface area contributed by atoms with Gasteiger partial charge in [0.05, 0.1) is 5.92 Å². The number of hydrogen-bond donors (Lipinski definition) is 4. The van der Waals surface area contributed by atoms with Crippen LogP contribution < -0.4 is 16.4 Å². The zero-order valence-corrected chi connectivity index (χ0v) is 11.3. The molecule has 2 atom stereocenters. The number of anilines is 1. The van der Waals surface area contributed by atoms with E-state index in [9.17, 15) is 14.4 Å². The molecule has 7 heteroatoms. The summed E-state index contributed by atoms with van der Waals surface area (Å²) in [5, 5.41) is 14.2. The topological polar surface area (TPSA) is 122 Å². The van der Waals surface area contributed by atoms with Crippen molar-refractivity contribution in [2.45, 2.75) is 25.3 Å². The number of carboxylic acid groups (broad SMARTS) is 1. The van der Waals surface area contributed by atoms with Crippen molar-refractivity contribution >= 4 is 23.6 Å². The summed E-state index contributed by atoms with van der Waals surface area (Å²) in [6.07, 6.45) is 1.65. The summed E-state index contributed by atoms with van der Waals surface area (Å²) in [6, 6.07) is 5.72. The number of aliphatic carboxylic acids is 1. The first-order valence-corrected chi connectivity index (χ1v) is 6.66. The smallest absolute Gasteiger partial charge is 0.319 e. The highest BCUT2D eigenvalue weighted by molar-refractivity contribution is 5.95. The van der Waals surface area contributed by atoms with Gasteiger partial charge in [-0.05, 0) is 37.5 Å². The Morgan fingerprint density at radius 3 is 2.62 bits per heavy atom. The normalized spacial score (nSPS) is 20.8. The van der Waals surface area contributed by atoms with E-state index in [1.807, 2.05) is 0 Å². The lowest BCUT2D eigenvalue weighted by atomic mass is 10.1. The summed E-state index contributed by atoms with van der Waals surface area (Å²) in [4.78, 5) is 33.7. The number of carbonyl (C=O) groups excluding carboxylic acids is 2. The SMILES string of the molecule is NC(=O)c1cccc(NC(=O)N[C@H]2CC[C@@H](C(=O)O)C2)c1. The molecule has 0 unspecified atom stereocenters. The van der Waals surface area contributed by atoms with Crippen LogP contribution in [0.2, 0.25) is 0 Å². The average Bonchev–Trinajstić information content (AvgIpc) is 2.87. The predicted molar refractivity (Wildman–Crippen MR) is 75.9 cm³/mol. The van der Waals surface area contributed by atoms with Crippen molar-refractivity contribution in [3.63, 3.8) is 0 Å². The second kappa shape index (κ2) is 6.25. The Hall–Kier alpha value is -2.57. The van der Waals surface area contributed by atoms with Gasteiger partial charge in [-0.3, -0.25) is 9.59 Å². The van der Waals surface area contributed by atoms with Gasteiger partial charge in [0.25, 0.3) is 0 Å². The molecular weight excluding hydrogens is 274 g/mol. The molecule has 0 aliphatic heterocycles. The molecule has 0 spiro atoms. The van der Waals surface area contributed by atoms with Crippen LogP contribution in [-0.2, 0) is 4.79 Å². The van der Waals surface area contributed by atoms with Crippen LogP contribution in [0.1, 0.15) is 29.6 Å². The van der Waals surface area contributed by atoms with Gasteiger partial charge in [-0.15, -0.1) is 0 Å². The number of rotatable bonds is 4. The molecule has 3 amide bonds. The summed E-state index contributed by atoms with van der Waals surface area (Å²) in [5.74, 6) is -1.79. The maximum Gasteiger partial charge on any atom is 0.319 e. The van der Waals surface area contributed by atoms with E-state index in [4.69, 9.17) is 10.8 Å². The first-order chi connectivity index (χ1) is 9.95. The Balaban J connectivity index is 1.89. The lowest BCUT2D eigenvalue weighted by molar-refractivity contribution is -0.141. The third-order valence-electron chi connectivity index (χ3n) is 3.52. The number of amides is 3. The molecule has 5 N–H and O–H groups in total. The van der Waals surface area contributed by atoms with Crippen molar-refractivity contribution in [2.75, 3.05) is 5.32 Å². The highest BCUT2D eigenvalue weighted by Gasteiger charge is 2.30. The minimum absolute atomic E-state index is 0.148. The second-order valence-electron chi connectivity index (χ2n) is 5.09. The van der Waals surface area contributed by atoms with Crippen LogP contribution in [0, 0.1) is 5.92 Å². The summed E-state index contributed by atoms with van der Waals surface area (Å²) in [5.41, 5.74) is 5.93. The Kier molecular flexibility index (Phi) is 4.42. The molecule has 0 heterocycles. The van der Waals surface area contributed by atoms with Crippen LogP contribution in [0.25, 0.3) is 0 Å². The molecule has 0 bridgehead atoms. The number of carboxylic acids is 1. The van der Waals surface area contributed by atoms with Crippen LogP contribution in [0.4, 0.5) is 10.5 Å². The zero-order valence-electron chi connectivity index (χ0n) is 11.3. The van der Waals surface area contributed by atoms with E-state index in [1.54, 1.807) is 18.2 Å². The summed E-state index contributed by atoms with van der Waals surface area (Å²) in [7, 11) is 0. The van der Waals surface area contributed by atoms with Crippen LogP contribution in [0.15, 0.2) is 24.3 Å². The number of hydrogen-bond acceptors (Lipinski definition) is 3. The highest BCUT2D eigenvalue weighted by atomic mass is 16.4. The van der Waals surface area contributed by atoms with Crippen molar-refractivity contribution < 1.29 is 19.5 Å². The van der Waals surface area contributed by atoms with Crippen molar-refractivity contribution in [2.24, 2.45) is 11.7 Å². The number of nitrogens with one attached hydrogen (secondary N) is 2. The Morgan fingerprint density at radius 2 is 2.00 bits per heavy atom. The van der Waals surface area contributed by atoms with E-state index in [2.05, 4.69) is 10.6 Å². The van der Waals surface area contributed by atoms with E-state index in [0.29, 0.717) is 30.5 Å². The standard InChI is InChI=1S/C14H17N3O4/c15-12(18)8-2-1-3-10(6-8)16-14(21)17-11-5-4-9(7-11)13(19)20/h1-3,6,9,11H,4-5,7H2,(H2,15,18)(H,19,20)(H2,16,17,21)/t9-,11+/m1/s1. The van der Waals surface area contributed by atoms with Crippen LogP contribution in [0.3, 0.4) is 0 Å². The molecular formula is C14H17N3O4. The van der Waals surface area contributed by atoms with Gasteiger partial charge in [0, 0.05) is 17.3 Å². The molecule has 1 saturated carbocycles. The van der Waals surface area contributed by atoms with Crippen LogP contribution in [0.5, 0.6) is 0 Å². The number of benzene rings is 1. The number of primary amides is 1. The number of carbonyl (C=O) groups is 3. The molecule has 1 aliphatic rings. The third-order valence-corrected chi connectivity index (χ3v) is 3.52. The van der Waals surface area contributed by atoms with E-state index < -0.39 is 23.8 Å². The number of nitrogens with two attached hydrogens (primary N) is 1. The predicted octanol–water partition coefficient (Wildman–Crippen LogP) is 1.16. The minimum atomic E-state index is -0.825. The third kappa shape index (κ3) is 3.95. The first kappa shape index (κ1) is 14.8. The van der Waals surface area contributed by atoms with Gasteiger partial charge in [0.1, 0.15) is 0 Å². The number of urea groups is 1. The minimum Gasteiger partial charge on any atom is -0.481 e. The molecule has 0 radical (unpaired) electrons. The quantitative estimate of drug-likeness (QED) is 0.665. The molecule has 0 saturated heterocycles. The molecule has 2 rings (SSSR count). The largest absolute Gasteiger partial charge is 0.481 e. The Labute approximate surface area is 121 Å². The molecule has 112 valence electrons. The fourth-order valence-electron chi connectivity index (χ4n) is 2.44. The van der Waals surface area contributed by atoms with Gasteiger partial charge in [0.2, 0.25) is 5.91 Å². The summed E-state index contributed by atoms with van der Waals surface area (Å²) >= 11 is 0. The summed E-state index contributed by atoms with van der Waals surface area (Å²) in [6.45, 7) is 0. The molecule has 21 heavy (non-hydrogen) atoms. The van der Waals surface area contributed by atoms with Crippen LogP contribution >= 0.6 is 0 Å². The second-order valence-corrected chi connectivity index (χ2v) is 5.09. The van der Waals surface area contributed by atoms with Gasteiger partial charge in [-0.2, -0.15) is 0 Å². The van der Waals surface area contributed by atoms with E-state index in [0.717, 1.165) is 0 Å². The molecule has 0 aromatic heterocycles. The van der Waals surface area contributed by atoms with E-state index in [-0.39, 0.29) is 6.04 Å². The monoisotopic (exact) mass is 291 g/mol. The fraction of sp³-hybridized carbons (Fsp3) is 0.357. The van der Waals surface area contributed by atoms with Gasteiger partial charge < -0.3 is 21.5 Å². The van der Waals surface area contributed by atoms with Gasteiger partial charge >= 0.3 is 12.0 Å². The lowest BCUT2D eigenvalue weighted by Crippen LogP contribution is -2.36.